The Morgan fingerprint density at radius 1 is 0.800 bits per heavy atom. The molecule has 0 saturated heterocycles. The van der Waals surface area contributed by atoms with Gasteiger partial charge in [-0.1, -0.05) is 82.1 Å². The summed E-state index contributed by atoms with van der Waals surface area (Å²) in [6, 6.07) is 20.8. The second kappa shape index (κ2) is 5.59. The molecule has 0 aromatic heterocycles. The van der Waals surface area contributed by atoms with Gasteiger partial charge in [-0.25, -0.2) is 0 Å². The third kappa shape index (κ3) is 2.36. The lowest BCUT2D eigenvalue weighted by atomic mass is 9.96. The topological polar surface area (TPSA) is 0 Å². The second-order valence-electron chi connectivity index (χ2n) is 4.90. The van der Waals surface area contributed by atoms with Crippen LogP contribution in [-0.2, 0) is 0 Å². The highest BCUT2D eigenvalue weighted by Crippen LogP contribution is 2.38. The summed E-state index contributed by atoms with van der Waals surface area (Å²) < 4.78 is 0. The average molecular weight is 346 g/mol. The van der Waals surface area contributed by atoms with E-state index in [9.17, 15) is 0 Å². The minimum Gasteiger partial charge on any atom is -0.0837 e. The Morgan fingerprint density at radius 2 is 1.45 bits per heavy atom. The van der Waals surface area contributed by atoms with E-state index in [2.05, 4.69) is 71.4 Å². The molecule has 1 unspecified atom stereocenters. The molecule has 0 saturated carbocycles. The van der Waals surface area contributed by atoms with E-state index in [0.29, 0.717) is 0 Å². The summed E-state index contributed by atoms with van der Waals surface area (Å²) in [5.74, 6) is 0. The van der Waals surface area contributed by atoms with Gasteiger partial charge < -0.3 is 0 Å². The van der Waals surface area contributed by atoms with Crippen molar-refractivity contribution in [1.29, 1.82) is 0 Å². The molecule has 0 aliphatic heterocycles. The van der Waals surface area contributed by atoms with Crippen LogP contribution in [0, 0.1) is 6.92 Å². The molecule has 3 aromatic rings. The fraction of sp³-hybridized carbons (Fsp3) is 0.111. The van der Waals surface area contributed by atoms with E-state index in [0.717, 1.165) is 10.4 Å². The lowest BCUT2D eigenvalue weighted by Gasteiger charge is -2.16. The van der Waals surface area contributed by atoms with E-state index < -0.39 is 0 Å². The highest BCUT2D eigenvalue weighted by Gasteiger charge is 2.15. The number of fused-ring (bicyclic) bond motifs is 1. The third-order valence-corrected chi connectivity index (χ3v) is 4.96. The van der Waals surface area contributed by atoms with Gasteiger partial charge in [0, 0.05) is 10.4 Å². The Hall–Kier alpha value is -1.31. The van der Waals surface area contributed by atoms with E-state index in [-0.39, 0.29) is 4.83 Å². The van der Waals surface area contributed by atoms with Gasteiger partial charge in [-0.05, 0) is 35.1 Å². The van der Waals surface area contributed by atoms with Crippen molar-refractivity contribution in [1.82, 2.24) is 0 Å². The Kier molecular flexibility index (Phi) is 3.82. The smallest absolute Gasteiger partial charge is 0.0653 e. The van der Waals surface area contributed by atoms with Crippen LogP contribution in [0.5, 0.6) is 0 Å². The summed E-state index contributed by atoms with van der Waals surface area (Å²) in [5, 5.41) is 3.10. The lowest BCUT2D eigenvalue weighted by Crippen LogP contribution is -1.96. The zero-order chi connectivity index (χ0) is 14.1. The van der Waals surface area contributed by atoms with Gasteiger partial charge >= 0.3 is 0 Å². The summed E-state index contributed by atoms with van der Waals surface area (Å²) >= 11 is 10.1. The van der Waals surface area contributed by atoms with Crippen molar-refractivity contribution >= 4 is 38.3 Å². The first-order valence-electron chi connectivity index (χ1n) is 6.55. The monoisotopic (exact) mass is 344 g/mol. The van der Waals surface area contributed by atoms with Gasteiger partial charge in [-0.2, -0.15) is 0 Å². The maximum Gasteiger partial charge on any atom is 0.0653 e. The van der Waals surface area contributed by atoms with Gasteiger partial charge in [0.05, 0.1) is 4.83 Å². The molecule has 3 aromatic carbocycles. The molecule has 100 valence electrons. The molecule has 0 spiro atoms. The molecular formula is C18H14BrCl. The number of hydrogen-bond donors (Lipinski definition) is 0. The molecule has 0 nitrogen and oxygen atoms in total. The van der Waals surface area contributed by atoms with E-state index >= 15 is 0 Å². The molecule has 0 radical (unpaired) electrons. The van der Waals surface area contributed by atoms with Crippen molar-refractivity contribution < 1.29 is 0 Å². The molecule has 0 fully saturated rings. The first-order valence-corrected chi connectivity index (χ1v) is 7.84. The average Bonchev–Trinajstić information content (AvgIpc) is 2.48. The highest BCUT2D eigenvalue weighted by molar-refractivity contribution is 9.09. The number of rotatable bonds is 2. The van der Waals surface area contributed by atoms with E-state index in [4.69, 9.17) is 11.6 Å². The van der Waals surface area contributed by atoms with Crippen LogP contribution < -0.4 is 0 Å². The maximum atomic E-state index is 6.30. The van der Waals surface area contributed by atoms with E-state index in [1.807, 2.05) is 12.1 Å². The van der Waals surface area contributed by atoms with Crippen LogP contribution in [-0.4, -0.2) is 0 Å². The molecule has 0 bridgehead atoms. The summed E-state index contributed by atoms with van der Waals surface area (Å²) in [4.78, 5) is 0.172. The van der Waals surface area contributed by atoms with Crippen molar-refractivity contribution in [2.75, 3.05) is 0 Å². The van der Waals surface area contributed by atoms with Crippen LogP contribution in [0.15, 0.2) is 60.7 Å². The molecular weight excluding hydrogens is 332 g/mol. The molecule has 3 rings (SSSR count). The van der Waals surface area contributed by atoms with Crippen molar-refractivity contribution in [2.45, 2.75) is 11.8 Å². The van der Waals surface area contributed by atoms with Crippen molar-refractivity contribution in [3.63, 3.8) is 0 Å². The fourth-order valence-electron chi connectivity index (χ4n) is 2.55. The molecule has 0 heterocycles. The van der Waals surface area contributed by atoms with Crippen LogP contribution in [0.25, 0.3) is 10.8 Å². The van der Waals surface area contributed by atoms with Gasteiger partial charge in [0.2, 0.25) is 0 Å². The van der Waals surface area contributed by atoms with Crippen LogP contribution in [0.2, 0.25) is 5.02 Å². The van der Waals surface area contributed by atoms with Gasteiger partial charge in [-0.15, -0.1) is 0 Å². The molecule has 0 aliphatic carbocycles. The first kappa shape index (κ1) is 13.7. The summed E-state index contributed by atoms with van der Waals surface area (Å²) in [6.07, 6.45) is 0. The van der Waals surface area contributed by atoms with Gasteiger partial charge in [-0.3, -0.25) is 0 Å². The molecule has 2 heteroatoms. The van der Waals surface area contributed by atoms with E-state index in [1.165, 1.54) is 22.1 Å². The molecule has 0 N–H and O–H groups in total. The summed E-state index contributed by atoms with van der Waals surface area (Å²) in [6.45, 7) is 2.14. The number of benzene rings is 3. The maximum absolute atomic E-state index is 6.30. The van der Waals surface area contributed by atoms with Crippen molar-refractivity contribution in [3.8, 4) is 0 Å². The van der Waals surface area contributed by atoms with Gasteiger partial charge in [0.25, 0.3) is 0 Å². The van der Waals surface area contributed by atoms with Gasteiger partial charge in [0.15, 0.2) is 0 Å². The zero-order valence-corrected chi connectivity index (χ0v) is 13.4. The standard InChI is InChI=1S/C18H14BrCl/c1-12-6-2-3-7-13(12)18(19)16-10-11-17(20)15-9-5-4-8-14(15)16/h2-11,18H,1H3. The van der Waals surface area contributed by atoms with Crippen molar-refractivity contribution in [2.24, 2.45) is 0 Å². The predicted octanol–water partition coefficient (Wildman–Crippen LogP) is 6.29. The third-order valence-electron chi connectivity index (χ3n) is 3.64. The summed E-state index contributed by atoms with van der Waals surface area (Å²) in [7, 11) is 0. The fourth-order valence-corrected chi connectivity index (χ4v) is 3.69. The molecule has 20 heavy (non-hydrogen) atoms. The minimum atomic E-state index is 0.172. The predicted molar refractivity (Wildman–Crippen MR) is 90.9 cm³/mol. The number of alkyl halides is 1. The number of aryl methyl sites for hydroxylation is 1. The quantitative estimate of drug-likeness (QED) is 0.479. The lowest BCUT2D eigenvalue weighted by molar-refractivity contribution is 1.16. The Morgan fingerprint density at radius 3 is 2.20 bits per heavy atom. The number of halogens is 2. The number of hydrogen-bond acceptors (Lipinski definition) is 0. The second-order valence-corrected chi connectivity index (χ2v) is 6.22. The van der Waals surface area contributed by atoms with Gasteiger partial charge in [0.1, 0.15) is 0 Å². The zero-order valence-electron chi connectivity index (χ0n) is 11.1. The van der Waals surface area contributed by atoms with Crippen LogP contribution in [0.4, 0.5) is 0 Å². The SMILES string of the molecule is Cc1ccccc1C(Br)c1ccc(Cl)c2ccccc12. The van der Waals surface area contributed by atoms with Crippen LogP contribution >= 0.6 is 27.5 Å². The highest BCUT2D eigenvalue weighted by atomic mass is 79.9. The Labute approximate surface area is 132 Å². The molecule has 0 amide bonds. The van der Waals surface area contributed by atoms with Crippen LogP contribution in [0.3, 0.4) is 0 Å². The Bertz CT molecular complexity index is 764. The largest absolute Gasteiger partial charge is 0.0837 e. The van der Waals surface area contributed by atoms with E-state index in [1.54, 1.807) is 0 Å². The summed E-state index contributed by atoms with van der Waals surface area (Å²) in [5.41, 5.74) is 3.83. The first-order chi connectivity index (χ1) is 9.68. The molecule has 0 aliphatic rings. The van der Waals surface area contributed by atoms with Crippen molar-refractivity contribution in [3.05, 3.63) is 82.4 Å². The normalized spacial score (nSPS) is 12.6. The van der Waals surface area contributed by atoms with Crippen LogP contribution in [0.1, 0.15) is 21.5 Å². The minimum absolute atomic E-state index is 0.172. The molecule has 1 atom stereocenters. The Balaban J connectivity index is 2.20.